The smallest absolute Gasteiger partial charge is 0.176 e. The van der Waals surface area contributed by atoms with Crippen molar-refractivity contribution in [3.8, 4) is 18.5 Å². The molecule has 0 aromatic carbocycles. The summed E-state index contributed by atoms with van der Waals surface area (Å²) in [5.74, 6) is 4.13. The Balaban J connectivity index is 2.79. The molecular formula is C6H8N2S. The Hall–Kier alpha value is -0.800. The van der Waals surface area contributed by atoms with E-state index in [0.717, 1.165) is 11.5 Å². The van der Waals surface area contributed by atoms with E-state index < -0.39 is 0 Å². The van der Waals surface area contributed by atoms with Crippen LogP contribution in [-0.4, -0.2) is 18.1 Å². The van der Waals surface area contributed by atoms with E-state index in [0.29, 0.717) is 6.54 Å². The number of nitrogens with zero attached hydrogens (tertiary/aromatic N) is 1. The molecule has 0 aliphatic heterocycles. The van der Waals surface area contributed by atoms with Crippen molar-refractivity contribution in [3.63, 3.8) is 0 Å². The van der Waals surface area contributed by atoms with Crippen molar-refractivity contribution in [2.75, 3.05) is 18.1 Å². The lowest BCUT2D eigenvalue weighted by molar-refractivity contribution is 0.944. The molecule has 0 fully saturated rings. The van der Waals surface area contributed by atoms with Gasteiger partial charge >= 0.3 is 0 Å². The first-order valence-electron chi connectivity index (χ1n) is 2.55. The topological polar surface area (TPSA) is 35.8 Å². The lowest BCUT2D eigenvalue weighted by Crippen LogP contribution is -2.09. The molecule has 0 saturated heterocycles. The van der Waals surface area contributed by atoms with Crippen LogP contribution in [0.1, 0.15) is 0 Å². The molecule has 48 valence electrons. The zero-order chi connectivity index (χ0) is 6.95. The second kappa shape index (κ2) is 7.20. The lowest BCUT2D eigenvalue weighted by Gasteiger charge is -1.92. The van der Waals surface area contributed by atoms with Gasteiger partial charge in [0.15, 0.2) is 6.19 Å². The fourth-order valence-electron chi connectivity index (χ4n) is 0.310. The van der Waals surface area contributed by atoms with Gasteiger partial charge in [-0.15, -0.1) is 18.2 Å². The minimum absolute atomic E-state index is 0.711. The number of terminal acetylenes is 1. The Labute approximate surface area is 59.6 Å². The molecule has 2 nitrogen and oxygen atoms in total. The van der Waals surface area contributed by atoms with E-state index in [4.69, 9.17) is 11.7 Å². The second-order valence-electron chi connectivity index (χ2n) is 1.30. The quantitative estimate of drug-likeness (QED) is 0.266. The minimum atomic E-state index is 0.711. The monoisotopic (exact) mass is 140 g/mol. The van der Waals surface area contributed by atoms with E-state index in [-0.39, 0.29) is 0 Å². The average molecular weight is 140 g/mol. The first-order chi connectivity index (χ1) is 4.41. The van der Waals surface area contributed by atoms with Crippen LogP contribution < -0.4 is 5.32 Å². The largest absolute Gasteiger partial charge is 0.323 e. The average Bonchev–Trinajstić information content (AvgIpc) is 1.89. The molecule has 0 saturated carbocycles. The Morgan fingerprint density at radius 2 is 2.44 bits per heavy atom. The molecule has 0 spiro atoms. The van der Waals surface area contributed by atoms with Crippen molar-refractivity contribution in [3.05, 3.63) is 0 Å². The van der Waals surface area contributed by atoms with Crippen LogP contribution in [0.5, 0.6) is 0 Å². The summed E-state index contributed by atoms with van der Waals surface area (Å²) in [4.78, 5) is 0. The van der Waals surface area contributed by atoms with Gasteiger partial charge in [0, 0.05) is 12.3 Å². The summed E-state index contributed by atoms with van der Waals surface area (Å²) in [7, 11) is 0. The Morgan fingerprint density at radius 1 is 1.67 bits per heavy atom. The van der Waals surface area contributed by atoms with Crippen LogP contribution in [0, 0.1) is 23.8 Å². The van der Waals surface area contributed by atoms with Gasteiger partial charge < -0.3 is 5.32 Å². The molecule has 0 aromatic rings. The number of thioether (sulfide) groups is 1. The van der Waals surface area contributed by atoms with Gasteiger partial charge in [0.05, 0.1) is 5.75 Å². The zero-order valence-corrected chi connectivity index (χ0v) is 5.87. The standard InChI is InChI=1S/C6H8N2S/c1-2-4-9-5-3-8-6-7/h1,8H,3-5H2. The summed E-state index contributed by atoms with van der Waals surface area (Å²) in [5.41, 5.74) is 0. The minimum Gasteiger partial charge on any atom is -0.323 e. The van der Waals surface area contributed by atoms with Gasteiger partial charge in [0.2, 0.25) is 0 Å². The van der Waals surface area contributed by atoms with E-state index in [1.165, 1.54) is 0 Å². The molecule has 0 atom stereocenters. The highest BCUT2D eigenvalue weighted by molar-refractivity contribution is 7.99. The van der Waals surface area contributed by atoms with Gasteiger partial charge in [-0.1, -0.05) is 5.92 Å². The molecular weight excluding hydrogens is 132 g/mol. The van der Waals surface area contributed by atoms with Gasteiger partial charge in [-0.3, -0.25) is 0 Å². The van der Waals surface area contributed by atoms with E-state index in [1.54, 1.807) is 11.8 Å². The Morgan fingerprint density at radius 3 is 3.00 bits per heavy atom. The summed E-state index contributed by atoms with van der Waals surface area (Å²) in [6, 6.07) is 0. The maximum absolute atomic E-state index is 8.01. The van der Waals surface area contributed by atoms with E-state index in [9.17, 15) is 0 Å². The maximum Gasteiger partial charge on any atom is 0.176 e. The SMILES string of the molecule is C#CCSCCNC#N. The molecule has 0 aromatic heterocycles. The van der Waals surface area contributed by atoms with Crippen LogP contribution in [0.2, 0.25) is 0 Å². The van der Waals surface area contributed by atoms with Gasteiger partial charge in [0.25, 0.3) is 0 Å². The molecule has 0 unspecified atom stereocenters. The highest BCUT2D eigenvalue weighted by Gasteiger charge is 1.82. The predicted octanol–water partition coefficient (Wildman–Crippen LogP) is 0.423. The summed E-state index contributed by atoms with van der Waals surface area (Å²) in [6.45, 7) is 0.711. The fourth-order valence-corrected chi connectivity index (χ4v) is 0.819. The van der Waals surface area contributed by atoms with Gasteiger partial charge in [-0.05, 0) is 0 Å². The molecule has 9 heavy (non-hydrogen) atoms. The second-order valence-corrected chi connectivity index (χ2v) is 2.40. The molecule has 0 rings (SSSR count). The molecule has 0 amide bonds. The number of hydrogen-bond donors (Lipinski definition) is 1. The van der Waals surface area contributed by atoms with Crippen molar-refractivity contribution in [1.29, 1.82) is 5.26 Å². The molecule has 0 aliphatic rings. The van der Waals surface area contributed by atoms with E-state index in [2.05, 4.69) is 11.2 Å². The lowest BCUT2D eigenvalue weighted by atomic mass is 10.8. The van der Waals surface area contributed by atoms with Crippen LogP contribution in [0.3, 0.4) is 0 Å². The van der Waals surface area contributed by atoms with Crippen molar-refractivity contribution >= 4 is 11.8 Å². The highest BCUT2D eigenvalue weighted by atomic mass is 32.2. The van der Waals surface area contributed by atoms with Crippen molar-refractivity contribution in [2.24, 2.45) is 0 Å². The van der Waals surface area contributed by atoms with Gasteiger partial charge in [0.1, 0.15) is 0 Å². The third-order valence-electron chi connectivity index (χ3n) is 0.636. The number of hydrogen-bond acceptors (Lipinski definition) is 3. The number of rotatable bonds is 4. The summed E-state index contributed by atoms with van der Waals surface area (Å²) >= 11 is 1.64. The normalized spacial score (nSPS) is 7.33. The first kappa shape index (κ1) is 8.20. The summed E-state index contributed by atoms with van der Waals surface area (Å²) in [5, 5.41) is 10.5. The van der Waals surface area contributed by atoms with Gasteiger partial charge in [-0.2, -0.15) is 5.26 Å². The summed E-state index contributed by atoms with van der Waals surface area (Å²) in [6.07, 6.45) is 6.82. The molecule has 0 aliphatic carbocycles. The van der Waals surface area contributed by atoms with Crippen LogP contribution in [0.15, 0.2) is 0 Å². The fraction of sp³-hybridized carbons (Fsp3) is 0.500. The third-order valence-corrected chi connectivity index (χ3v) is 1.50. The molecule has 0 heterocycles. The van der Waals surface area contributed by atoms with Crippen LogP contribution in [0.25, 0.3) is 0 Å². The van der Waals surface area contributed by atoms with Crippen molar-refractivity contribution < 1.29 is 0 Å². The molecule has 0 bridgehead atoms. The number of nitriles is 1. The van der Waals surface area contributed by atoms with E-state index in [1.807, 2.05) is 6.19 Å². The van der Waals surface area contributed by atoms with Crippen LogP contribution in [-0.2, 0) is 0 Å². The van der Waals surface area contributed by atoms with E-state index >= 15 is 0 Å². The molecule has 1 N–H and O–H groups in total. The predicted molar refractivity (Wildman–Crippen MR) is 39.8 cm³/mol. The zero-order valence-electron chi connectivity index (χ0n) is 5.05. The van der Waals surface area contributed by atoms with Crippen LogP contribution in [0.4, 0.5) is 0 Å². The third kappa shape index (κ3) is 7.20. The highest BCUT2D eigenvalue weighted by Crippen LogP contribution is 1.94. The Bertz CT molecular complexity index is 115. The number of nitrogens with one attached hydrogen (secondary N) is 1. The first-order valence-corrected chi connectivity index (χ1v) is 3.70. The van der Waals surface area contributed by atoms with Crippen molar-refractivity contribution in [1.82, 2.24) is 5.32 Å². The maximum atomic E-state index is 8.01. The van der Waals surface area contributed by atoms with Crippen molar-refractivity contribution in [2.45, 2.75) is 0 Å². The summed E-state index contributed by atoms with van der Waals surface area (Å²) < 4.78 is 0. The molecule has 3 heteroatoms. The molecule has 0 radical (unpaired) electrons. The van der Waals surface area contributed by atoms with Gasteiger partial charge in [-0.25, -0.2) is 0 Å². The Kier molecular flexibility index (Phi) is 6.56. The van der Waals surface area contributed by atoms with Crippen LogP contribution >= 0.6 is 11.8 Å².